The van der Waals surface area contributed by atoms with Gasteiger partial charge in [0, 0.05) is 0 Å². The number of hydrogen-bond donors (Lipinski definition) is 0. The molecule has 0 heterocycles. The number of benzene rings is 1. The summed E-state index contributed by atoms with van der Waals surface area (Å²) in [7, 11) is 0. The number of hydrogen-bond acceptors (Lipinski definition) is 0. The van der Waals surface area contributed by atoms with Crippen molar-refractivity contribution in [2.45, 2.75) is 12.8 Å². The largest absolute Gasteiger partial charge is 0.205 e. The maximum atomic E-state index is 12.8. The first-order valence-electron chi connectivity index (χ1n) is 3.47. The fourth-order valence-corrected chi connectivity index (χ4v) is 1.02. The van der Waals surface area contributed by atoms with Crippen molar-refractivity contribution in [2.24, 2.45) is 0 Å². The van der Waals surface area contributed by atoms with E-state index in [0.717, 1.165) is 18.4 Å². The van der Waals surface area contributed by atoms with Crippen LogP contribution in [0.5, 0.6) is 0 Å². The number of rotatable bonds is 2. The van der Waals surface area contributed by atoms with Gasteiger partial charge in [-0.15, -0.1) is 0 Å². The molecule has 0 aromatic heterocycles. The molecular weight excluding hydrogens is 163 g/mol. The minimum absolute atomic E-state index is 0.179. The van der Waals surface area contributed by atoms with Crippen LogP contribution in [0.2, 0.25) is 5.02 Å². The number of halogens is 2. The van der Waals surface area contributed by atoms with Crippen LogP contribution < -0.4 is 0 Å². The summed E-state index contributed by atoms with van der Waals surface area (Å²) in [5.74, 6) is -0.349. The Bertz CT molecular complexity index is 245. The van der Waals surface area contributed by atoms with Crippen LogP contribution in [0.25, 0.3) is 0 Å². The molecule has 0 aliphatic rings. The average Bonchev–Trinajstić information content (AvgIpc) is 1.98. The highest BCUT2D eigenvalue weighted by atomic mass is 35.5. The molecule has 59 valence electrons. The quantitative estimate of drug-likeness (QED) is 0.641. The highest BCUT2D eigenvalue weighted by Gasteiger charge is 1.98. The second-order valence-corrected chi connectivity index (χ2v) is 2.76. The molecule has 0 nitrogen and oxygen atoms in total. The molecular formula is C9H9ClF. The maximum Gasteiger partial charge on any atom is 0.142 e. The van der Waals surface area contributed by atoms with Gasteiger partial charge in [-0.2, -0.15) is 0 Å². The van der Waals surface area contributed by atoms with Crippen molar-refractivity contribution < 1.29 is 4.39 Å². The minimum atomic E-state index is -0.349. The Morgan fingerprint density at radius 3 is 2.73 bits per heavy atom. The Morgan fingerprint density at radius 2 is 2.18 bits per heavy atom. The van der Waals surface area contributed by atoms with Crippen molar-refractivity contribution in [3.05, 3.63) is 41.5 Å². The van der Waals surface area contributed by atoms with Gasteiger partial charge in [0.05, 0.1) is 5.02 Å². The lowest BCUT2D eigenvalue weighted by Crippen LogP contribution is -1.85. The molecule has 1 radical (unpaired) electrons. The third kappa shape index (κ3) is 2.19. The van der Waals surface area contributed by atoms with E-state index in [-0.39, 0.29) is 10.8 Å². The van der Waals surface area contributed by atoms with E-state index in [2.05, 4.69) is 6.92 Å². The Hall–Kier alpha value is -0.560. The smallest absolute Gasteiger partial charge is 0.142 e. The van der Waals surface area contributed by atoms with E-state index in [9.17, 15) is 4.39 Å². The first-order chi connectivity index (χ1) is 5.24. The SMILES string of the molecule is [CH2]CCc1ccc(Cl)c(F)c1. The first-order valence-corrected chi connectivity index (χ1v) is 3.85. The van der Waals surface area contributed by atoms with E-state index >= 15 is 0 Å². The molecule has 0 unspecified atom stereocenters. The van der Waals surface area contributed by atoms with Gasteiger partial charge in [-0.1, -0.05) is 24.6 Å². The van der Waals surface area contributed by atoms with E-state index in [1.807, 2.05) is 6.07 Å². The second kappa shape index (κ2) is 3.72. The van der Waals surface area contributed by atoms with Crippen LogP contribution in [0, 0.1) is 12.7 Å². The van der Waals surface area contributed by atoms with Crippen molar-refractivity contribution in [3.63, 3.8) is 0 Å². The third-order valence-corrected chi connectivity index (χ3v) is 1.76. The van der Waals surface area contributed by atoms with Crippen molar-refractivity contribution in [1.29, 1.82) is 0 Å². The predicted octanol–water partition coefficient (Wildman–Crippen LogP) is 3.25. The van der Waals surface area contributed by atoms with Crippen LogP contribution in [0.4, 0.5) is 4.39 Å². The summed E-state index contributed by atoms with van der Waals surface area (Å²) in [6.07, 6.45) is 1.58. The Kier molecular flexibility index (Phi) is 2.89. The zero-order valence-corrected chi connectivity index (χ0v) is 6.87. The standard InChI is InChI=1S/C9H9ClF/c1-2-3-7-4-5-8(10)9(11)6-7/h4-6H,1-3H2. The lowest BCUT2D eigenvalue weighted by molar-refractivity contribution is 0.625. The van der Waals surface area contributed by atoms with Crippen LogP contribution in [-0.2, 0) is 6.42 Å². The van der Waals surface area contributed by atoms with E-state index in [1.165, 1.54) is 6.07 Å². The molecule has 0 bridgehead atoms. The molecule has 1 aromatic rings. The lowest BCUT2D eigenvalue weighted by Gasteiger charge is -1.98. The Labute approximate surface area is 71.0 Å². The van der Waals surface area contributed by atoms with Crippen molar-refractivity contribution in [2.75, 3.05) is 0 Å². The van der Waals surface area contributed by atoms with E-state index in [0.29, 0.717) is 0 Å². The Balaban J connectivity index is 2.86. The molecule has 0 N–H and O–H groups in total. The predicted molar refractivity (Wildman–Crippen MR) is 45.1 cm³/mol. The van der Waals surface area contributed by atoms with Crippen LogP contribution in [0.15, 0.2) is 18.2 Å². The minimum Gasteiger partial charge on any atom is -0.205 e. The van der Waals surface area contributed by atoms with Crippen LogP contribution in [0.3, 0.4) is 0 Å². The summed E-state index contributed by atoms with van der Waals surface area (Å²) in [5.41, 5.74) is 0.946. The molecule has 1 aromatic carbocycles. The zero-order valence-electron chi connectivity index (χ0n) is 6.11. The van der Waals surface area contributed by atoms with Gasteiger partial charge >= 0.3 is 0 Å². The molecule has 0 amide bonds. The molecule has 11 heavy (non-hydrogen) atoms. The summed E-state index contributed by atoms with van der Waals surface area (Å²) in [6, 6.07) is 4.84. The summed E-state index contributed by atoms with van der Waals surface area (Å²) < 4.78 is 12.8. The molecule has 1 rings (SSSR count). The van der Waals surface area contributed by atoms with E-state index in [4.69, 9.17) is 11.6 Å². The van der Waals surface area contributed by atoms with Gasteiger partial charge in [0.1, 0.15) is 5.82 Å². The average molecular weight is 172 g/mol. The topological polar surface area (TPSA) is 0 Å². The van der Waals surface area contributed by atoms with Crippen LogP contribution in [-0.4, -0.2) is 0 Å². The van der Waals surface area contributed by atoms with Crippen LogP contribution >= 0.6 is 11.6 Å². The summed E-state index contributed by atoms with van der Waals surface area (Å²) >= 11 is 5.49. The lowest BCUT2D eigenvalue weighted by atomic mass is 10.1. The monoisotopic (exact) mass is 171 g/mol. The van der Waals surface area contributed by atoms with Crippen molar-refractivity contribution >= 4 is 11.6 Å². The molecule has 0 saturated heterocycles. The maximum absolute atomic E-state index is 12.8. The van der Waals surface area contributed by atoms with E-state index < -0.39 is 0 Å². The molecule has 0 spiro atoms. The van der Waals surface area contributed by atoms with Gasteiger partial charge in [0.25, 0.3) is 0 Å². The fourth-order valence-electron chi connectivity index (χ4n) is 0.899. The van der Waals surface area contributed by atoms with Gasteiger partial charge < -0.3 is 0 Å². The first kappa shape index (κ1) is 8.54. The molecule has 0 aliphatic heterocycles. The van der Waals surface area contributed by atoms with Gasteiger partial charge in [0.2, 0.25) is 0 Å². The van der Waals surface area contributed by atoms with Crippen molar-refractivity contribution in [3.8, 4) is 0 Å². The molecule has 2 heteroatoms. The second-order valence-electron chi connectivity index (χ2n) is 2.35. The zero-order chi connectivity index (χ0) is 8.27. The highest BCUT2D eigenvalue weighted by molar-refractivity contribution is 6.30. The summed E-state index contributed by atoms with van der Waals surface area (Å²) in [6.45, 7) is 3.68. The van der Waals surface area contributed by atoms with E-state index in [1.54, 1.807) is 6.07 Å². The molecule has 0 aliphatic carbocycles. The van der Waals surface area contributed by atoms with Gasteiger partial charge in [-0.3, -0.25) is 0 Å². The van der Waals surface area contributed by atoms with Crippen molar-refractivity contribution in [1.82, 2.24) is 0 Å². The van der Waals surface area contributed by atoms with Gasteiger partial charge in [-0.25, -0.2) is 4.39 Å². The fraction of sp³-hybridized carbons (Fsp3) is 0.222. The van der Waals surface area contributed by atoms with Gasteiger partial charge in [0.15, 0.2) is 0 Å². The van der Waals surface area contributed by atoms with Gasteiger partial charge in [-0.05, 0) is 30.5 Å². The third-order valence-electron chi connectivity index (χ3n) is 1.45. The Morgan fingerprint density at radius 1 is 1.45 bits per heavy atom. The molecule has 0 atom stereocenters. The highest BCUT2D eigenvalue weighted by Crippen LogP contribution is 2.16. The normalized spacial score (nSPS) is 10.1. The summed E-state index contributed by atoms with van der Waals surface area (Å²) in [5, 5.41) is 0.179. The van der Waals surface area contributed by atoms with Crippen LogP contribution in [0.1, 0.15) is 12.0 Å². The molecule has 0 saturated carbocycles. The number of aryl methyl sites for hydroxylation is 1. The molecule has 0 fully saturated rings. The summed E-state index contributed by atoms with van der Waals surface area (Å²) in [4.78, 5) is 0.